The standard InChI is InChI=1S/C35H30BrN3O6S2/c1-16-3-6-18(7-4-16)37-25(40)15-45-24-12-5-17(36)13-21(24)26-27-22-14-23(30(27)46-32-31(26)47-35(43)38-32)29-28(22)33(41)39(34(29)42)19-8-10-20(44-2)11-9-19/h3-13,22-23,26-30H,14-15H2,1-2H3,(H,37,40)(H,38,43)/t22?,23?,26-,27?,28?,29?,30?/m1/s1. The molecule has 0 spiro atoms. The van der Waals surface area contributed by atoms with Crippen molar-refractivity contribution in [3.05, 3.63) is 96.9 Å². The molecular formula is C35H30BrN3O6S2. The lowest BCUT2D eigenvalue weighted by atomic mass is 9.68. The van der Waals surface area contributed by atoms with Crippen molar-refractivity contribution in [3.63, 3.8) is 0 Å². The highest BCUT2D eigenvalue weighted by Crippen LogP contribution is 2.69. The first-order valence-electron chi connectivity index (χ1n) is 15.4. The van der Waals surface area contributed by atoms with E-state index in [1.54, 1.807) is 43.1 Å². The number of carbonyl (C=O) groups is 3. The van der Waals surface area contributed by atoms with Gasteiger partial charge < -0.3 is 19.8 Å². The molecule has 7 atom stereocenters. The number of halogens is 1. The fraction of sp³-hybridized carbons (Fsp3) is 0.314. The minimum atomic E-state index is -0.437. The van der Waals surface area contributed by atoms with Gasteiger partial charge in [-0.05, 0) is 85.7 Å². The van der Waals surface area contributed by atoms with Gasteiger partial charge in [0.2, 0.25) is 11.8 Å². The number of nitrogens with one attached hydrogen (secondary N) is 2. The highest BCUT2D eigenvalue weighted by Gasteiger charge is 2.69. The second-order valence-electron chi connectivity index (χ2n) is 12.6. The van der Waals surface area contributed by atoms with E-state index in [2.05, 4.69) is 26.2 Å². The van der Waals surface area contributed by atoms with Crippen molar-refractivity contribution in [2.24, 2.45) is 29.6 Å². The molecule has 3 aromatic carbocycles. The number of hydrogen-bond donors (Lipinski definition) is 2. The van der Waals surface area contributed by atoms with Crippen molar-refractivity contribution in [1.29, 1.82) is 0 Å². The summed E-state index contributed by atoms with van der Waals surface area (Å²) < 4.78 is 12.3. The van der Waals surface area contributed by atoms with E-state index in [9.17, 15) is 19.2 Å². The molecule has 2 bridgehead atoms. The molecule has 240 valence electrons. The Hall–Kier alpha value is -3.87. The minimum Gasteiger partial charge on any atom is -0.497 e. The van der Waals surface area contributed by atoms with Crippen molar-refractivity contribution in [2.75, 3.05) is 23.9 Å². The number of anilines is 2. The van der Waals surface area contributed by atoms with E-state index in [1.807, 2.05) is 49.4 Å². The largest absolute Gasteiger partial charge is 0.497 e. The highest BCUT2D eigenvalue weighted by molar-refractivity contribution is 9.10. The molecule has 6 unspecified atom stereocenters. The van der Waals surface area contributed by atoms with Gasteiger partial charge >= 0.3 is 4.87 Å². The normalized spacial score (nSPS) is 27.0. The van der Waals surface area contributed by atoms with Crippen LogP contribution >= 0.6 is 39.0 Å². The Morgan fingerprint density at radius 3 is 2.45 bits per heavy atom. The van der Waals surface area contributed by atoms with Gasteiger partial charge in [0.05, 0.1) is 29.7 Å². The predicted octanol–water partition coefficient (Wildman–Crippen LogP) is 6.21. The Morgan fingerprint density at radius 2 is 1.72 bits per heavy atom. The summed E-state index contributed by atoms with van der Waals surface area (Å²) in [6, 6.07) is 20.3. The van der Waals surface area contributed by atoms with Gasteiger partial charge in [0, 0.05) is 31.8 Å². The van der Waals surface area contributed by atoms with Crippen molar-refractivity contribution >= 4 is 68.1 Å². The first-order chi connectivity index (χ1) is 22.7. The summed E-state index contributed by atoms with van der Waals surface area (Å²) in [5.74, 6) is -0.602. The number of benzene rings is 3. The molecule has 2 N–H and O–H groups in total. The lowest BCUT2D eigenvalue weighted by Crippen LogP contribution is -2.42. The molecule has 4 aromatic rings. The molecule has 47 heavy (non-hydrogen) atoms. The summed E-state index contributed by atoms with van der Waals surface area (Å²) >= 11 is 6.45. The number of aryl methyl sites for hydroxylation is 1. The van der Waals surface area contributed by atoms with Crippen LogP contribution < -0.4 is 24.6 Å². The fourth-order valence-electron chi connectivity index (χ4n) is 8.22. The number of hydrogen-bond acceptors (Lipinski definition) is 8. The fourth-order valence-corrected chi connectivity index (χ4v) is 11.5. The third-order valence-corrected chi connectivity index (χ3v) is 13.1. The maximum absolute atomic E-state index is 14.1. The van der Waals surface area contributed by atoms with Gasteiger partial charge in [0.15, 0.2) is 6.61 Å². The SMILES string of the molecule is COc1ccc(N2C(=O)C3C4CC(C3C2=O)C2C4Sc3[nH]c(=O)sc3[C@@H]2c2cc(Br)ccc2OCC(=O)Nc2ccc(C)cc2)cc1. The summed E-state index contributed by atoms with van der Waals surface area (Å²) in [5.41, 5.74) is 3.18. The van der Waals surface area contributed by atoms with Gasteiger partial charge in [0.25, 0.3) is 5.91 Å². The van der Waals surface area contributed by atoms with Gasteiger partial charge in [-0.3, -0.25) is 24.1 Å². The van der Waals surface area contributed by atoms with Crippen LogP contribution in [0.4, 0.5) is 11.4 Å². The zero-order valence-electron chi connectivity index (χ0n) is 25.4. The quantitative estimate of drug-likeness (QED) is 0.217. The van der Waals surface area contributed by atoms with E-state index in [-0.39, 0.29) is 58.1 Å². The second-order valence-corrected chi connectivity index (χ2v) is 15.7. The molecule has 1 saturated heterocycles. The third-order valence-electron chi connectivity index (χ3n) is 10.1. The minimum absolute atomic E-state index is 0.0178. The Bertz CT molecular complexity index is 1980. The summed E-state index contributed by atoms with van der Waals surface area (Å²) in [6.07, 6.45) is 0.768. The number of carbonyl (C=O) groups excluding carboxylic acids is 3. The number of fused-ring (bicyclic) bond motifs is 9. The second kappa shape index (κ2) is 11.7. The van der Waals surface area contributed by atoms with Gasteiger partial charge in [-0.1, -0.05) is 45.0 Å². The molecule has 9 nitrogen and oxygen atoms in total. The summed E-state index contributed by atoms with van der Waals surface area (Å²) in [7, 11) is 1.58. The van der Waals surface area contributed by atoms with E-state index < -0.39 is 11.8 Å². The van der Waals surface area contributed by atoms with Gasteiger partial charge in [-0.25, -0.2) is 0 Å². The lowest BCUT2D eigenvalue weighted by molar-refractivity contribution is -0.123. The molecule has 12 heteroatoms. The number of ether oxygens (including phenoxy) is 2. The lowest BCUT2D eigenvalue weighted by Gasteiger charge is -2.43. The van der Waals surface area contributed by atoms with E-state index in [0.717, 1.165) is 31.9 Å². The van der Waals surface area contributed by atoms with Gasteiger partial charge in [-0.2, -0.15) is 0 Å². The molecule has 3 fully saturated rings. The van der Waals surface area contributed by atoms with Crippen LogP contribution in [0.15, 0.2) is 81.0 Å². The molecule has 8 rings (SSSR count). The van der Waals surface area contributed by atoms with Crippen molar-refractivity contribution < 1.29 is 23.9 Å². The summed E-state index contributed by atoms with van der Waals surface area (Å²) in [4.78, 5) is 58.9. The number of H-pyrrole nitrogens is 1. The van der Waals surface area contributed by atoms with Crippen LogP contribution in [0.3, 0.4) is 0 Å². The molecule has 2 aliphatic carbocycles. The molecule has 0 radical (unpaired) electrons. The maximum atomic E-state index is 14.1. The predicted molar refractivity (Wildman–Crippen MR) is 183 cm³/mol. The number of amides is 3. The average Bonchev–Trinajstić information content (AvgIpc) is 3.80. The number of methoxy groups -OCH3 is 1. The maximum Gasteiger partial charge on any atom is 0.305 e. The number of rotatable bonds is 7. The number of aromatic nitrogens is 1. The number of nitrogens with zero attached hydrogens (tertiary/aromatic N) is 1. The van der Waals surface area contributed by atoms with E-state index in [0.29, 0.717) is 22.9 Å². The number of aromatic amines is 1. The zero-order chi connectivity index (χ0) is 32.6. The van der Waals surface area contributed by atoms with Crippen molar-refractivity contribution in [1.82, 2.24) is 4.98 Å². The van der Waals surface area contributed by atoms with Crippen LogP contribution in [0.5, 0.6) is 11.5 Å². The van der Waals surface area contributed by atoms with Crippen LogP contribution in [-0.4, -0.2) is 41.7 Å². The average molecular weight is 733 g/mol. The summed E-state index contributed by atoms with van der Waals surface area (Å²) in [6.45, 7) is 1.78. The molecule has 3 amide bonds. The monoisotopic (exact) mass is 731 g/mol. The summed E-state index contributed by atoms with van der Waals surface area (Å²) in [5, 5.41) is 3.71. The van der Waals surface area contributed by atoms with E-state index in [1.165, 1.54) is 16.2 Å². The van der Waals surface area contributed by atoms with Crippen LogP contribution in [0, 0.1) is 36.5 Å². The zero-order valence-corrected chi connectivity index (χ0v) is 28.6. The third kappa shape index (κ3) is 5.03. The molecule has 2 saturated carbocycles. The van der Waals surface area contributed by atoms with Crippen molar-refractivity contribution in [2.45, 2.75) is 29.5 Å². The smallest absolute Gasteiger partial charge is 0.305 e. The highest BCUT2D eigenvalue weighted by atomic mass is 79.9. The molecule has 1 aromatic heterocycles. The van der Waals surface area contributed by atoms with Crippen LogP contribution in [0.1, 0.15) is 28.3 Å². The van der Waals surface area contributed by atoms with Crippen LogP contribution in [0.25, 0.3) is 0 Å². The number of imide groups is 1. The molecule has 2 aliphatic heterocycles. The number of thiazole rings is 1. The first-order valence-corrected chi connectivity index (χ1v) is 17.9. The number of thioether (sulfide) groups is 1. The van der Waals surface area contributed by atoms with Crippen LogP contribution in [0.2, 0.25) is 0 Å². The van der Waals surface area contributed by atoms with E-state index >= 15 is 0 Å². The Kier molecular flexibility index (Phi) is 7.57. The molecule has 3 heterocycles. The van der Waals surface area contributed by atoms with Crippen molar-refractivity contribution in [3.8, 4) is 11.5 Å². The molecule has 4 aliphatic rings. The Labute approximate surface area is 287 Å². The van der Waals surface area contributed by atoms with Gasteiger partial charge in [-0.15, -0.1) is 11.8 Å². The topological polar surface area (TPSA) is 118 Å². The van der Waals surface area contributed by atoms with Crippen LogP contribution in [-0.2, 0) is 14.4 Å². The Balaban J connectivity index is 1.13. The first kappa shape index (κ1) is 30.5. The molecular weight excluding hydrogens is 702 g/mol. The Morgan fingerprint density at radius 1 is 1.00 bits per heavy atom. The van der Waals surface area contributed by atoms with E-state index in [4.69, 9.17) is 9.47 Å². The van der Waals surface area contributed by atoms with Gasteiger partial charge in [0.1, 0.15) is 11.5 Å².